The van der Waals surface area contributed by atoms with Crippen LogP contribution in [0.5, 0.6) is 5.75 Å². The van der Waals surface area contributed by atoms with Crippen LogP contribution >= 0.6 is 0 Å². The quantitative estimate of drug-likeness (QED) is 0.611. The summed E-state index contributed by atoms with van der Waals surface area (Å²) in [6, 6.07) is 11.3. The molecule has 2 aromatic rings. The highest BCUT2D eigenvalue weighted by atomic mass is 16.5. The molecule has 0 heterocycles. The normalized spacial score (nSPS) is 10.3. The average molecular weight is 242 g/mol. The number of ether oxygens (including phenoxy) is 1. The second kappa shape index (κ2) is 5.00. The highest BCUT2D eigenvalue weighted by Crippen LogP contribution is 2.26. The summed E-state index contributed by atoms with van der Waals surface area (Å²) in [4.78, 5) is 23.0. The Hall–Kier alpha value is -2.16. The molecule has 0 aromatic heterocycles. The SMILES string of the molecule is COc1cc2ccccc2cc1C(=O)CC(C)=O. The first-order valence-corrected chi connectivity index (χ1v) is 5.71. The van der Waals surface area contributed by atoms with Crippen LogP contribution in [0.3, 0.4) is 0 Å². The molecule has 0 aliphatic carbocycles. The van der Waals surface area contributed by atoms with Crippen molar-refractivity contribution in [2.45, 2.75) is 13.3 Å². The zero-order valence-electron chi connectivity index (χ0n) is 10.4. The fourth-order valence-corrected chi connectivity index (χ4v) is 1.93. The van der Waals surface area contributed by atoms with Crippen LogP contribution in [0.15, 0.2) is 36.4 Å². The van der Waals surface area contributed by atoms with Crippen LogP contribution in [0, 0.1) is 0 Å². The van der Waals surface area contributed by atoms with Crippen molar-refractivity contribution in [2.24, 2.45) is 0 Å². The van der Waals surface area contributed by atoms with Crippen LogP contribution in [0.25, 0.3) is 10.8 Å². The molecular formula is C15H14O3. The first kappa shape index (κ1) is 12.3. The summed E-state index contributed by atoms with van der Waals surface area (Å²) in [7, 11) is 1.52. The van der Waals surface area contributed by atoms with Gasteiger partial charge in [0.15, 0.2) is 5.78 Å². The highest BCUT2D eigenvalue weighted by molar-refractivity contribution is 6.10. The van der Waals surface area contributed by atoms with Crippen molar-refractivity contribution < 1.29 is 14.3 Å². The van der Waals surface area contributed by atoms with Gasteiger partial charge in [-0.25, -0.2) is 0 Å². The number of carbonyl (C=O) groups excluding carboxylic acids is 2. The Kier molecular flexibility index (Phi) is 3.42. The number of Topliss-reactive ketones (excluding diaryl/α,β-unsaturated/α-hetero) is 2. The summed E-state index contributed by atoms with van der Waals surface area (Å²) in [5.41, 5.74) is 0.464. The third-order valence-electron chi connectivity index (χ3n) is 2.78. The summed E-state index contributed by atoms with van der Waals surface area (Å²) in [5, 5.41) is 1.97. The van der Waals surface area contributed by atoms with E-state index in [-0.39, 0.29) is 18.0 Å². The first-order chi connectivity index (χ1) is 8.61. The number of hydrogen-bond acceptors (Lipinski definition) is 3. The predicted molar refractivity (Wildman–Crippen MR) is 70.1 cm³/mol. The van der Waals surface area contributed by atoms with E-state index in [0.29, 0.717) is 11.3 Å². The van der Waals surface area contributed by atoms with Crippen LogP contribution in [-0.2, 0) is 4.79 Å². The Morgan fingerprint density at radius 3 is 2.28 bits per heavy atom. The largest absolute Gasteiger partial charge is 0.496 e. The lowest BCUT2D eigenvalue weighted by molar-refractivity contribution is -0.116. The maximum atomic E-state index is 12.0. The lowest BCUT2D eigenvalue weighted by Crippen LogP contribution is -2.06. The summed E-state index contributed by atoms with van der Waals surface area (Å²) in [6.45, 7) is 1.41. The molecular weight excluding hydrogens is 228 g/mol. The summed E-state index contributed by atoms with van der Waals surface area (Å²) < 4.78 is 5.22. The van der Waals surface area contributed by atoms with Crippen LogP contribution < -0.4 is 4.74 Å². The van der Waals surface area contributed by atoms with E-state index in [9.17, 15) is 9.59 Å². The monoisotopic (exact) mass is 242 g/mol. The van der Waals surface area contributed by atoms with Crippen LogP contribution in [0.2, 0.25) is 0 Å². The zero-order valence-corrected chi connectivity index (χ0v) is 10.4. The van der Waals surface area contributed by atoms with E-state index < -0.39 is 0 Å². The minimum absolute atomic E-state index is 0.0886. The number of rotatable bonds is 4. The van der Waals surface area contributed by atoms with Crippen molar-refractivity contribution in [2.75, 3.05) is 7.11 Å². The topological polar surface area (TPSA) is 43.4 Å². The second-order valence-electron chi connectivity index (χ2n) is 4.20. The maximum absolute atomic E-state index is 12.0. The molecule has 0 N–H and O–H groups in total. The van der Waals surface area contributed by atoms with Crippen LogP contribution in [0.4, 0.5) is 0 Å². The van der Waals surface area contributed by atoms with Crippen LogP contribution in [0.1, 0.15) is 23.7 Å². The van der Waals surface area contributed by atoms with E-state index in [1.54, 1.807) is 6.07 Å². The lowest BCUT2D eigenvalue weighted by Gasteiger charge is -2.09. The van der Waals surface area contributed by atoms with Crippen molar-refractivity contribution in [3.63, 3.8) is 0 Å². The van der Waals surface area contributed by atoms with Gasteiger partial charge in [-0.3, -0.25) is 9.59 Å². The van der Waals surface area contributed by atoms with Gasteiger partial charge in [0.1, 0.15) is 11.5 Å². The van der Waals surface area contributed by atoms with Crippen molar-refractivity contribution in [3.8, 4) is 5.75 Å². The number of carbonyl (C=O) groups is 2. The number of ketones is 2. The van der Waals surface area contributed by atoms with Gasteiger partial charge in [0.25, 0.3) is 0 Å². The van der Waals surface area contributed by atoms with E-state index in [1.807, 2.05) is 30.3 Å². The predicted octanol–water partition coefficient (Wildman–Crippen LogP) is 3.01. The van der Waals surface area contributed by atoms with E-state index in [4.69, 9.17) is 4.74 Å². The fourth-order valence-electron chi connectivity index (χ4n) is 1.93. The number of hydrogen-bond donors (Lipinski definition) is 0. The molecule has 92 valence electrons. The molecule has 0 unspecified atom stereocenters. The molecule has 0 bridgehead atoms. The summed E-state index contributed by atoms with van der Waals surface area (Å²) in [5.74, 6) is 0.167. The molecule has 0 aliphatic heterocycles. The zero-order chi connectivity index (χ0) is 13.1. The van der Waals surface area contributed by atoms with E-state index in [0.717, 1.165) is 10.8 Å². The molecule has 18 heavy (non-hydrogen) atoms. The Morgan fingerprint density at radius 2 is 1.72 bits per heavy atom. The van der Waals surface area contributed by atoms with Gasteiger partial charge in [-0.2, -0.15) is 0 Å². The third-order valence-corrected chi connectivity index (χ3v) is 2.78. The number of methoxy groups -OCH3 is 1. The fraction of sp³-hybridized carbons (Fsp3) is 0.200. The third kappa shape index (κ3) is 2.40. The van der Waals surface area contributed by atoms with E-state index in [2.05, 4.69) is 0 Å². The Morgan fingerprint density at radius 1 is 1.11 bits per heavy atom. The van der Waals surface area contributed by atoms with Gasteiger partial charge in [0, 0.05) is 0 Å². The smallest absolute Gasteiger partial charge is 0.173 e. The van der Waals surface area contributed by atoms with Gasteiger partial charge in [0.05, 0.1) is 19.1 Å². The molecule has 0 amide bonds. The molecule has 3 nitrogen and oxygen atoms in total. The highest BCUT2D eigenvalue weighted by Gasteiger charge is 2.15. The Balaban J connectivity index is 2.54. The Labute approximate surface area is 105 Å². The minimum Gasteiger partial charge on any atom is -0.496 e. The first-order valence-electron chi connectivity index (χ1n) is 5.71. The van der Waals surface area contributed by atoms with Gasteiger partial charge >= 0.3 is 0 Å². The van der Waals surface area contributed by atoms with Crippen LogP contribution in [-0.4, -0.2) is 18.7 Å². The molecule has 3 heteroatoms. The molecule has 2 rings (SSSR count). The van der Waals surface area contributed by atoms with Crippen molar-refractivity contribution >= 4 is 22.3 Å². The molecule has 0 fully saturated rings. The Bertz CT molecular complexity index is 614. The van der Waals surface area contributed by atoms with Gasteiger partial charge in [-0.15, -0.1) is 0 Å². The van der Waals surface area contributed by atoms with Crippen molar-refractivity contribution in [3.05, 3.63) is 42.0 Å². The van der Waals surface area contributed by atoms with E-state index >= 15 is 0 Å². The molecule has 0 aliphatic rings. The summed E-state index contributed by atoms with van der Waals surface area (Å²) >= 11 is 0. The number of fused-ring (bicyclic) bond motifs is 1. The molecule has 0 spiro atoms. The standard InChI is InChI=1S/C15H14O3/c1-10(16)7-14(17)13-8-11-5-3-4-6-12(11)9-15(13)18-2/h3-6,8-9H,7H2,1-2H3. The molecule has 0 atom stereocenters. The molecule has 0 saturated carbocycles. The van der Waals surface area contributed by atoms with Crippen molar-refractivity contribution in [1.82, 2.24) is 0 Å². The van der Waals surface area contributed by atoms with Gasteiger partial charge in [-0.05, 0) is 29.8 Å². The second-order valence-corrected chi connectivity index (χ2v) is 4.20. The van der Waals surface area contributed by atoms with Gasteiger partial charge in [-0.1, -0.05) is 24.3 Å². The molecule has 0 saturated heterocycles. The molecule has 2 aromatic carbocycles. The van der Waals surface area contributed by atoms with Gasteiger partial charge in [0.2, 0.25) is 0 Å². The van der Waals surface area contributed by atoms with E-state index in [1.165, 1.54) is 14.0 Å². The summed E-state index contributed by atoms with van der Waals surface area (Å²) in [6.07, 6.45) is -0.0886. The minimum atomic E-state index is -0.204. The number of benzene rings is 2. The maximum Gasteiger partial charge on any atom is 0.173 e. The lowest BCUT2D eigenvalue weighted by atomic mass is 10.0. The van der Waals surface area contributed by atoms with Gasteiger partial charge < -0.3 is 4.74 Å². The average Bonchev–Trinajstić information content (AvgIpc) is 2.36. The van der Waals surface area contributed by atoms with Crippen molar-refractivity contribution in [1.29, 1.82) is 0 Å². The molecule has 0 radical (unpaired) electrons.